The van der Waals surface area contributed by atoms with E-state index in [1.165, 1.54) is 19.3 Å². The lowest BCUT2D eigenvalue weighted by molar-refractivity contribution is -0.108. The van der Waals surface area contributed by atoms with E-state index in [4.69, 9.17) is 23.2 Å². The number of unbranched alkanes of at least 4 members (excludes halogenated alkanes) is 4. The Morgan fingerprint density at radius 1 is 1.17 bits per heavy atom. The summed E-state index contributed by atoms with van der Waals surface area (Å²) in [4.78, 5) is 10.3. The Balaban J connectivity index is 3.25. The number of hydrogen-bond donors (Lipinski definition) is 0. The zero-order chi connectivity index (χ0) is 9.45. The van der Waals surface area contributed by atoms with Gasteiger partial charge in [0.1, 0.15) is 0 Å². The first-order chi connectivity index (χ1) is 5.62. The Kier molecular flexibility index (Phi) is 6.87. The van der Waals surface area contributed by atoms with Crippen LogP contribution in [-0.2, 0) is 4.79 Å². The Morgan fingerprint density at radius 3 is 2.25 bits per heavy atom. The fourth-order valence-corrected chi connectivity index (χ4v) is 1.29. The quantitative estimate of drug-likeness (QED) is 0.356. The molecule has 0 radical (unpaired) electrons. The number of carbonyl (C=O) groups excluding carboxylic acids is 1. The van der Waals surface area contributed by atoms with Gasteiger partial charge in [0, 0.05) is 0 Å². The van der Waals surface area contributed by atoms with Gasteiger partial charge in [0.2, 0.25) is 0 Å². The van der Waals surface area contributed by atoms with Crippen molar-refractivity contribution in [2.75, 3.05) is 0 Å². The summed E-state index contributed by atoms with van der Waals surface area (Å²) in [5.74, 6) is 0. The molecule has 0 bridgehead atoms. The van der Waals surface area contributed by atoms with Crippen LogP contribution in [0.5, 0.6) is 0 Å². The maximum Gasteiger partial charge on any atom is 0.172 e. The second-order valence-electron chi connectivity index (χ2n) is 3.04. The van der Waals surface area contributed by atoms with Gasteiger partial charge < -0.3 is 4.79 Å². The molecule has 0 aromatic rings. The second kappa shape index (κ2) is 6.73. The lowest BCUT2D eigenvalue weighted by Gasteiger charge is -2.10. The molecule has 0 aromatic heterocycles. The summed E-state index contributed by atoms with van der Waals surface area (Å²) in [6.45, 7) is 2.17. The van der Waals surface area contributed by atoms with Crippen LogP contribution in [0, 0.1) is 0 Å². The highest BCUT2D eigenvalue weighted by Crippen LogP contribution is 2.25. The largest absolute Gasteiger partial charge is 0.300 e. The summed E-state index contributed by atoms with van der Waals surface area (Å²) in [5, 5.41) is 0. The van der Waals surface area contributed by atoms with Crippen LogP contribution >= 0.6 is 23.2 Å². The van der Waals surface area contributed by atoms with Crippen LogP contribution in [0.1, 0.15) is 45.4 Å². The molecule has 0 heterocycles. The maximum absolute atomic E-state index is 10.3. The predicted molar refractivity (Wildman–Crippen MR) is 53.9 cm³/mol. The number of alkyl halides is 2. The molecule has 0 saturated carbocycles. The molecule has 0 spiro atoms. The first kappa shape index (κ1) is 12.2. The molecule has 0 N–H and O–H groups in total. The van der Waals surface area contributed by atoms with Crippen LogP contribution in [0.4, 0.5) is 0 Å². The highest BCUT2D eigenvalue weighted by molar-refractivity contribution is 6.55. The van der Waals surface area contributed by atoms with Crippen molar-refractivity contribution in [1.82, 2.24) is 0 Å². The Morgan fingerprint density at radius 2 is 1.75 bits per heavy atom. The molecule has 0 aliphatic heterocycles. The molecule has 0 saturated heterocycles. The van der Waals surface area contributed by atoms with Crippen LogP contribution in [0.2, 0.25) is 0 Å². The molecule has 0 aromatic carbocycles. The van der Waals surface area contributed by atoms with Crippen LogP contribution in [0.3, 0.4) is 0 Å². The van der Waals surface area contributed by atoms with E-state index in [1.807, 2.05) is 0 Å². The molecule has 0 aliphatic carbocycles. The molecule has 0 aliphatic rings. The van der Waals surface area contributed by atoms with E-state index >= 15 is 0 Å². The van der Waals surface area contributed by atoms with E-state index in [-0.39, 0.29) is 0 Å². The van der Waals surface area contributed by atoms with Crippen LogP contribution in [0.15, 0.2) is 0 Å². The van der Waals surface area contributed by atoms with Crippen LogP contribution in [-0.4, -0.2) is 10.6 Å². The van der Waals surface area contributed by atoms with E-state index in [0.29, 0.717) is 12.7 Å². The molecule has 1 nitrogen and oxygen atoms in total. The SMILES string of the molecule is CCCCCCCC(Cl)(Cl)C=O. The van der Waals surface area contributed by atoms with Gasteiger partial charge in [-0.2, -0.15) is 0 Å². The van der Waals surface area contributed by atoms with Crippen molar-refractivity contribution in [2.45, 2.75) is 49.8 Å². The van der Waals surface area contributed by atoms with Crippen molar-refractivity contribution in [3.63, 3.8) is 0 Å². The smallest absolute Gasteiger partial charge is 0.172 e. The molecule has 0 rings (SSSR count). The molecule has 0 unspecified atom stereocenters. The van der Waals surface area contributed by atoms with Crippen molar-refractivity contribution in [3.8, 4) is 0 Å². The minimum Gasteiger partial charge on any atom is -0.300 e. The highest BCUT2D eigenvalue weighted by atomic mass is 35.5. The standard InChI is InChI=1S/C9H16Cl2O/c1-2-3-4-5-6-7-9(10,11)8-12/h8H,2-7H2,1H3. The lowest BCUT2D eigenvalue weighted by Crippen LogP contribution is -2.13. The number of hydrogen-bond acceptors (Lipinski definition) is 1. The summed E-state index contributed by atoms with van der Waals surface area (Å²) < 4.78 is -1.15. The van der Waals surface area contributed by atoms with Crippen molar-refractivity contribution >= 4 is 29.5 Å². The van der Waals surface area contributed by atoms with Gasteiger partial charge >= 0.3 is 0 Å². The first-order valence-electron chi connectivity index (χ1n) is 4.46. The van der Waals surface area contributed by atoms with Crippen molar-refractivity contribution in [2.24, 2.45) is 0 Å². The summed E-state index contributed by atoms with van der Waals surface area (Å²) in [6, 6.07) is 0. The summed E-state index contributed by atoms with van der Waals surface area (Å²) in [5.41, 5.74) is 0. The summed E-state index contributed by atoms with van der Waals surface area (Å²) in [7, 11) is 0. The molecular formula is C9H16Cl2O. The number of carbonyl (C=O) groups is 1. The third kappa shape index (κ3) is 6.93. The van der Waals surface area contributed by atoms with Gasteiger partial charge in [0.25, 0.3) is 0 Å². The van der Waals surface area contributed by atoms with Gasteiger partial charge in [-0.1, -0.05) is 62.2 Å². The number of rotatable bonds is 7. The van der Waals surface area contributed by atoms with Gasteiger partial charge in [-0.25, -0.2) is 0 Å². The molecule has 0 amide bonds. The summed E-state index contributed by atoms with van der Waals surface area (Å²) >= 11 is 11.3. The van der Waals surface area contributed by atoms with Gasteiger partial charge in [-0.3, -0.25) is 0 Å². The van der Waals surface area contributed by atoms with E-state index in [1.54, 1.807) is 0 Å². The highest BCUT2D eigenvalue weighted by Gasteiger charge is 2.21. The number of aldehydes is 1. The third-order valence-corrected chi connectivity index (χ3v) is 2.34. The van der Waals surface area contributed by atoms with E-state index in [0.717, 1.165) is 12.8 Å². The lowest BCUT2D eigenvalue weighted by atomic mass is 10.1. The monoisotopic (exact) mass is 210 g/mol. The van der Waals surface area contributed by atoms with Gasteiger partial charge in [-0.05, 0) is 6.42 Å². The Bertz CT molecular complexity index is 124. The molecule has 72 valence electrons. The van der Waals surface area contributed by atoms with E-state index < -0.39 is 4.33 Å². The molecule has 0 atom stereocenters. The average molecular weight is 211 g/mol. The summed E-state index contributed by atoms with van der Waals surface area (Å²) in [6.07, 6.45) is 6.91. The zero-order valence-electron chi connectivity index (χ0n) is 7.48. The molecule has 3 heteroatoms. The normalized spacial score (nSPS) is 11.6. The van der Waals surface area contributed by atoms with Gasteiger partial charge in [0.05, 0.1) is 0 Å². The van der Waals surface area contributed by atoms with Crippen molar-refractivity contribution in [1.29, 1.82) is 0 Å². The van der Waals surface area contributed by atoms with Crippen LogP contribution < -0.4 is 0 Å². The fourth-order valence-electron chi connectivity index (χ4n) is 1.02. The van der Waals surface area contributed by atoms with Crippen molar-refractivity contribution in [3.05, 3.63) is 0 Å². The predicted octanol–water partition coefficient (Wildman–Crippen LogP) is 3.72. The number of halogens is 2. The van der Waals surface area contributed by atoms with Gasteiger partial charge in [0.15, 0.2) is 10.6 Å². The van der Waals surface area contributed by atoms with E-state index in [2.05, 4.69) is 6.92 Å². The molecule has 12 heavy (non-hydrogen) atoms. The third-order valence-electron chi connectivity index (χ3n) is 1.79. The zero-order valence-corrected chi connectivity index (χ0v) is 9.00. The second-order valence-corrected chi connectivity index (χ2v) is 4.59. The first-order valence-corrected chi connectivity index (χ1v) is 5.22. The minimum absolute atomic E-state index is 0.573. The molecular weight excluding hydrogens is 195 g/mol. The minimum atomic E-state index is -1.15. The van der Waals surface area contributed by atoms with E-state index in [9.17, 15) is 4.79 Å². The van der Waals surface area contributed by atoms with Gasteiger partial charge in [-0.15, -0.1) is 0 Å². The van der Waals surface area contributed by atoms with Crippen molar-refractivity contribution < 1.29 is 4.79 Å². The topological polar surface area (TPSA) is 17.1 Å². The maximum atomic E-state index is 10.3. The molecule has 0 fully saturated rings. The fraction of sp³-hybridized carbons (Fsp3) is 0.889. The average Bonchev–Trinajstić information content (AvgIpc) is 2.04. The Hall–Kier alpha value is 0.250. The van der Waals surface area contributed by atoms with Crippen LogP contribution in [0.25, 0.3) is 0 Å². The Labute approximate surface area is 84.4 Å².